The van der Waals surface area contributed by atoms with Crippen molar-refractivity contribution in [2.75, 3.05) is 6.54 Å². The molecule has 92 valence electrons. The highest BCUT2D eigenvalue weighted by Crippen LogP contribution is 2.13. The lowest BCUT2D eigenvalue weighted by Gasteiger charge is -2.21. The molecule has 0 aromatic rings. The van der Waals surface area contributed by atoms with Crippen LogP contribution in [0.4, 0.5) is 0 Å². The summed E-state index contributed by atoms with van der Waals surface area (Å²) in [6, 6.07) is 0. The standard InChI is InChI=1S/C10H18ClN3O2/c1-8(12)13-7-5-3-4-6-10(2,14-11)9(15)16/h3,5,14H,4,6-7H2,1-2H3,(H2,12,13)(H,15,16)/b5-3-/t10-/m1/s1. The first-order valence-electron chi connectivity index (χ1n) is 4.95. The van der Waals surface area contributed by atoms with E-state index in [1.807, 2.05) is 12.2 Å². The highest BCUT2D eigenvalue weighted by atomic mass is 35.5. The van der Waals surface area contributed by atoms with Crippen LogP contribution >= 0.6 is 11.8 Å². The van der Waals surface area contributed by atoms with Crippen LogP contribution in [0.15, 0.2) is 17.1 Å². The fourth-order valence-corrected chi connectivity index (χ4v) is 1.13. The van der Waals surface area contributed by atoms with Gasteiger partial charge in [0, 0.05) is 0 Å². The average molecular weight is 248 g/mol. The van der Waals surface area contributed by atoms with Crippen LogP contribution in [-0.4, -0.2) is 29.0 Å². The van der Waals surface area contributed by atoms with Gasteiger partial charge in [-0.25, -0.2) is 4.84 Å². The smallest absolute Gasteiger partial charge is 0.324 e. The lowest BCUT2D eigenvalue weighted by Crippen LogP contribution is -2.44. The molecule has 0 amide bonds. The number of aliphatic carboxylic acids is 1. The van der Waals surface area contributed by atoms with Crippen molar-refractivity contribution in [2.24, 2.45) is 10.7 Å². The predicted octanol–water partition coefficient (Wildman–Crippen LogP) is 1.29. The Kier molecular flexibility index (Phi) is 6.76. The molecule has 0 radical (unpaired) electrons. The van der Waals surface area contributed by atoms with Gasteiger partial charge in [-0.15, -0.1) is 0 Å². The molecule has 0 aliphatic carbocycles. The maximum absolute atomic E-state index is 10.9. The van der Waals surface area contributed by atoms with Gasteiger partial charge >= 0.3 is 5.97 Å². The largest absolute Gasteiger partial charge is 0.480 e. The van der Waals surface area contributed by atoms with Crippen LogP contribution in [0.5, 0.6) is 0 Å². The zero-order chi connectivity index (χ0) is 12.6. The van der Waals surface area contributed by atoms with Crippen molar-refractivity contribution < 1.29 is 9.90 Å². The van der Waals surface area contributed by atoms with Crippen molar-refractivity contribution >= 4 is 23.6 Å². The summed E-state index contributed by atoms with van der Waals surface area (Å²) < 4.78 is 0. The summed E-state index contributed by atoms with van der Waals surface area (Å²) in [7, 11) is 0. The second kappa shape index (κ2) is 7.24. The molecule has 0 aromatic heterocycles. The van der Waals surface area contributed by atoms with E-state index in [0.29, 0.717) is 25.2 Å². The van der Waals surface area contributed by atoms with E-state index in [2.05, 4.69) is 9.83 Å². The first-order chi connectivity index (χ1) is 7.42. The molecular formula is C10H18ClN3O2. The van der Waals surface area contributed by atoms with E-state index in [-0.39, 0.29) is 0 Å². The molecule has 0 aromatic carbocycles. The van der Waals surface area contributed by atoms with E-state index < -0.39 is 11.5 Å². The third-order valence-electron chi connectivity index (χ3n) is 2.10. The summed E-state index contributed by atoms with van der Waals surface area (Å²) in [5.41, 5.74) is 4.25. The Hall–Kier alpha value is -1.07. The van der Waals surface area contributed by atoms with Crippen LogP contribution in [-0.2, 0) is 4.79 Å². The number of hydrogen-bond donors (Lipinski definition) is 3. The second-order valence-corrected chi connectivity index (χ2v) is 3.91. The van der Waals surface area contributed by atoms with Gasteiger partial charge in [-0.3, -0.25) is 9.79 Å². The highest BCUT2D eigenvalue weighted by molar-refractivity contribution is 6.15. The number of allylic oxidation sites excluding steroid dienone is 1. The number of halogens is 1. The number of hydrogen-bond acceptors (Lipinski definition) is 3. The third-order valence-corrected chi connectivity index (χ3v) is 2.52. The summed E-state index contributed by atoms with van der Waals surface area (Å²) in [4.78, 5) is 17.1. The number of nitrogens with one attached hydrogen (secondary N) is 1. The van der Waals surface area contributed by atoms with Crippen LogP contribution in [0.2, 0.25) is 0 Å². The molecule has 0 rings (SSSR count). The SMILES string of the molecule is CC(N)=NC/C=C\CC[C@@](C)(NCl)C(=O)O. The minimum absolute atomic E-state index is 0.410. The Morgan fingerprint density at radius 3 is 2.69 bits per heavy atom. The third kappa shape index (κ3) is 5.72. The number of carbonyl (C=O) groups is 1. The van der Waals surface area contributed by atoms with Gasteiger partial charge in [-0.2, -0.15) is 0 Å². The fraction of sp³-hybridized carbons (Fsp3) is 0.600. The van der Waals surface area contributed by atoms with Crippen molar-refractivity contribution in [2.45, 2.75) is 32.2 Å². The van der Waals surface area contributed by atoms with Crippen molar-refractivity contribution in [3.8, 4) is 0 Å². The van der Waals surface area contributed by atoms with Crippen molar-refractivity contribution in [3.05, 3.63) is 12.2 Å². The average Bonchev–Trinajstić information content (AvgIpc) is 2.22. The number of aliphatic imine (C=N–C) groups is 1. The molecule has 1 atom stereocenters. The van der Waals surface area contributed by atoms with E-state index in [1.165, 1.54) is 0 Å². The Morgan fingerprint density at radius 2 is 2.25 bits per heavy atom. The molecular weight excluding hydrogens is 230 g/mol. The predicted molar refractivity (Wildman–Crippen MR) is 65.6 cm³/mol. The number of amidine groups is 1. The number of carboxylic acids is 1. The summed E-state index contributed by atoms with van der Waals surface area (Å²) >= 11 is 5.39. The summed E-state index contributed by atoms with van der Waals surface area (Å²) in [5, 5.41) is 8.90. The number of rotatable bonds is 7. The van der Waals surface area contributed by atoms with E-state index >= 15 is 0 Å². The molecule has 0 saturated carbocycles. The van der Waals surface area contributed by atoms with Crippen LogP contribution in [0.3, 0.4) is 0 Å². The van der Waals surface area contributed by atoms with Gasteiger partial charge in [-0.1, -0.05) is 12.2 Å². The van der Waals surface area contributed by atoms with Crippen LogP contribution < -0.4 is 10.6 Å². The Bertz CT molecular complexity index is 288. The van der Waals surface area contributed by atoms with E-state index in [0.717, 1.165) is 0 Å². The normalized spacial score (nSPS) is 16.3. The molecule has 0 aliphatic heterocycles. The van der Waals surface area contributed by atoms with Gasteiger partial charge in [0.1, 0.15) is 5.54 Å². The number of carboxylic acid groups (broad SMARTS) is 1. The van der Waals surface area contributed by atoms with Gasteiger partial charge in [0.05, 0.1) is 12.4 Å². The zero-order valence-electron chi connectivity index (χ0n) is 9.53. The lowest BCUT2D eigenvalue weighted by molar-refractivity contribution is -0.143. The molecule has 0 spiro atoms. The molecule has 4 N–H and O–H groups in total. The molecule has 16 heavy (non-hydrogen) atoms. The van der Waals surface area contributed by atoms with E-state index in [1.54, 1.807) is 13.8 Å². The monoisotopic (exact) mass is 247 g/mol. The van der Waals surface area contributed by atoms with Gasteiger partial charge in [0.2, 0.25) is 0 Å². The van der Waals surface area contributed by atoms with Gasteiger partial charge < -0.3 is 10.8 Å². The maximum atomic E-state index is 10.9. The van der Waals surface area contributed by atoms with Crippen LogP contribution in [0.25, 0.3) is 0 Å². The first kappa shape index (κ1) is 14.9. The second-order valence-electron chi connectivity index (χ2n) is 3.72. The maximum Gasteiger partial charge on any atom is 0.324 e. The summed E-state index contributed by atoms with van der Waals surface area (Å²) in [6.45, 7) is 3.77. The Labute approximate surface area is 100 Å². The van der Waals surface area contributed by atoms with Crippen molar-refractivity contribution in [3.63, 3.8) is 0 Å². The summed E-state index contributed by atoms with van der Waals surface area (Å²) in [5.74, 6) is -0.436. The molecule has 0 fully saturated rings. The quantitative estimate of drug-likeness (QED) is 0.274. The number of nitrogens with zero attached hydrogens (tertiary/aromatic N) is 1. The zero-order valence-corrected chi connectivity index (χ0v) is 10.3. The molecule has 0 saturated heterocycles. The van der Waals surface area contributed by atoms with Gasteiger partial charge in [0.25, 0.3) is 0 Å². The molecule has 0 heterocycles. The topological polar surface area (TPSA) is 87.7 Å². The molecule has 0 unspecified atom stereocenters. The van der Waals surface area contributed by atoms with Crippen LogP contribution in [0.1, 0.15) is 26.7 Å². The number of nitrogens with two attached hydrogens (primary N) is 1. The fourth-order valence-electron chi connectivity index (χ4n) is 0.956. The van der Waals surface area contributed by atoms with Crippen molar-refractivity contribution in [1.29, 1.82) is 0 Å². The molecule has 6 heteroatoms. The lowest BCUT2D eigenvalue weighted by atomic mass is 9.97. The summed E-state index contributed by atoms with van der Waals surface area (Å²) in [6.07, 6.45) is 4.73. The van der Waals surface area contributed by atoms with E-state index in [9.17, 15) is 4.79 Å². The van der Waals surface area contributed by atoms with E-state index in [4.69, 9.17) is 22.6 Å². The van der Waals surface area contributed by atoms with Crippen LogP contribution in [0, 0.1) is 0 Å². The Balaban J connectivity index is 3.97. The highest BCUT2D eigenvalue weighted by Gasteiger charge is 2.30. The minimum atomic E-state index is -1.10. The minimum Gasteiger partial charge on any atom is -0.480 e. The van der Waals surface area contributed by atoms with Gasteiger partial charge in [-0.05, 0) is 38.5 Å². The molecule has 0 aliphatic rings. The Morgan fingerprint density at radius 1 is 1.62 bits per heavy atom. The van der Waals surface area contributed by atoms with Gasteiger partial charge in [0.15, 0.2) is 0 Å². The molecule has 0 bridgehead atoms. The molecule has 5 nitrogen and oxygen atoms in total. The van der Waals surface area contributed by atoms with Crippen molar-refractivity contribution in [1.82, 2.24) is 4.84 Å². The first-order valence-corrected chi connectivity index (χ1v) is 5.33.